The third kappa shape index (κ3) is 2.58. The maximum Gasteiger partial charge on any atom is 0.157 e. The maximum absolute atomic E-state index is 9.82. The molecule has 0 bridgehead atoms. The molecule has 5 nitrogen and oxygen atoms in total. The van der Waals surface area contributed by atoms with Gasteiger partial charge >= 0.3 is 0 Å². The van der Waals surface area contributed by atoms with E-state index in [2.05, 4.69) is 15.5 Å². The van der Waals surface area contributed by atoms with Gasteiger partial charge in [0, 0.05) is 18.4 Å². The Morgan fingerprint density at radius 2 is 1.85 bits per heavy atom. The third-order valence-corrected chi connectivity index (χ3v) is 4.32. The Hall–Kier alpha value is -1.75. The topological polar surface area (TPSA) is 63.8 Å². The summed E-state index contributed by atoms with van der Waals surface area (Å²) in [4.78, 5) is 0. The first kappa shape index (κ1) is 13.2. The van der Waals surface area contributed by atoms with E-state index in [1.807, 2.05) is 30.3 Å². The molecule has 1 N–H and O–H groups in total. The Bertz CT molecular complexity index is 546. The SMILES string of the molecule is OCC1(Cc2nnnn2-c2ccccc2)CCCCC1. The first-order chi connectivity index (χ1) is 9.83. The number of aliphatic hydroxyl groups is 1. The lowest BCUT2D eigenvalue weighted by Gasteiger charge is -2.35. The molecule has 1 aliphatic carbocycles. The molecule has 106 valence electrons. The molecule has 2 aromatic rings. The van der Waals surface area contributed by atoms with Crippen LogP contribution in [0.1, 0.15) is 37.9 Å². The molecule has 1 heterocycles. The van der Waals surface area contributed by atoms with Gasteiger partial charge in [-0.2, -0.15) is 4.68 Å². The van der Waals surface area contributed by atoms with E-state index in [0.717, 1.165) is 30.8 Å². The molecular weight excluding hydrogens is 252 g/mol. The van der Waals surface area contributed by atoms with Crippen LogP contribution in [-0.2, 0) is 6.42 Å². The summed E-state index contributed by atoms with van der Waals surface area (Å²) in [5.41, 5.74) is 0.927. The molecule has 0 saturated heterocycles. The fraction of sp³-hybridized carbons (Fsp3) is 0.533. The first-order valence-electron chi connectivity index (χ1n) is 7.27. The molecule has 1 fully saturated rings. The lowest BCUT2D eigenvalue weighted by Crippen LogP contribution is -2.32. The highest BCUT2D eigenvalue weighted by atomic mass is 16.3. The van der Waals surface area contributed by atoms with E-state index in [1.165, 1.54) is 19.3 Å². The summed E-state index contributed by atoms with van der Waals surface area (Å²) in [7, 11) is 0. The second-order valence-electron chi connectivity index (χ2n) is 5.74. The number of tetrazole rings is 1. The highest BCUT2D eigenvalue weighted by Crippen LogP contribution is 2.38. The molecule has 0 unspecified atom stereocenters. The number of hydrogen-bond donors (Lipinski definition) is 1. The Labute approximate surface area is 118 Å². The Morgan fingerprint density at radius 3 is 2.55 bits per heavy atom. The zero-order valence-corrected chi connectivity index (χ0v) is 11.6. The molecule has 0 radical (unpaired) electrons. The van der Waals surface area contributed by atoms with E-state index in [-0.39, 0.29) is 12.0 Å². The summed E-state index contributed by atoms with van der Waals surface area (Å²) < 4.78 is 1.78. The van der Waals surface area contributed by atoms with Crippen LogP contribution in [0.15, 0.2) is 30.3 Å². The zero-order valence-electron chi connectivity index (χ0n) is 11.6. The molecule has 1 aromatic heterocycles. The van der Waals surface area contributed by atoms with Crippen LogP contribution < -0.4 is 0 Å². The van der Waals surface area contributed by atoms with Crippen LogP contribution in [0.3, 0.4) is 0 Å². The molecule has 0 amide bonds. The van der Waals surface area contributed by atoms with Crippen molar-refractivity contribution in [3.63, 3.8) is 0 Å². The van der Waals surface area contributed by atoms with Gasteiger partial charge < -0.3 is 5.11 Å². The normalized spacial score (nSPS) is 18.1. The van der Waals surface area contributed by atoms with Crippen molar-refractivity contribution in [2.45, 2.75) is 38.5 Å². The maximum atomic E-state index is 9.82. The average molecular weight is 272 g/mol. The Balaban J connectivity index is 1.86. The lowest BCUT2D eigenvalue weighted by molar-refractivity contribution is 0.0798. The summed E-state index contributed by atoms with van der Waals surface area (Å²) in [6.45, 7) is 0.217. The summed E-state index contributed by atoms with van der Waals surface area (Å²) in [5.74, 6) is 0.840. The van der Waals surface area contributed by atoms with Crippen molar-refractivity contribution in [3.8, 4) is 5.69 Å². The van der Waals surface area contributed by atoms with Gasteiger partial charge in [0.25, 0.3) is 0 Å². The van der Waals surface area contributed by atoms with Gasteiger partial charge in [0.2, 0.25) is 0 Å². The zero-order chi connectivity index (χ0) is 13.8. The van der Waals surface area contributed by atoms with Gasteiger partial charge in [-0.05, 0) is 35.4 Å². The number of rotatable bonds is 4. The highest BCUT2D eigenvalue weighted by molar-refractivity contribution is 5.30. The van der Waals surface area contributed by atoms with E-state index >= 15 is 0 Å². The first-order valence-corrected chi connectivity index (χ1v) is 7.27. The second-order valence-corrected chi connectivity index (χ2v) is 5.74. The number of aliphatic hydroxyl groups excluding tert-OH is 1. The minimum absolute atomic E-state index is 0.0422. The standard InChI is InChI=1S/C15H20N4O/c20-12-15(9-5-2-6-10-15)11-14-16-17-18-19(14)13-7-3-1-4-8-13/h1,3-4,7-8,20H,2,5-6,9-12H2. The fourth-order valence-electron chi connectivity index (χ4n) is 3.11. The largest absolute Gasteiger partial charge is 0.396 e. The quantitative estimate of drug-likeness (QED) is 0.926. The average Bonchev–Trinajstić information content (AvgIpc) is 2.97. The van der Waals surface area contributed by atoms with E-state index in [4.69, 9.17) is 0 Å². The molecule has 3 rings (SSSR count). The monoisotopic (exact) mass is 272 g/mol. The van der Waals surface area contributed by atoms with Crippen molar-refractivity contribution in [3.05, 3.63) is 36.2 Å². The van der Waals surface area contributed by atoms with Gasteiger partial charge in [0.05, 0.1) is 5.69 Å². The van der Waals surface area contributed by atoms with Gasteiger partial charge in [-0.25, -0.2) is 0 Å². The third-order valence-electron chi connectivity index (χ3n) is 4.32. The molecule has 1 aliphatic rings. The van der Waals surface area contributed by atoms with Gasteiger partial charge in [-0.1, -0.05) is 37.5 Å². The number of hydrogen-bond acceptors (Lipinski definition) is 4. The smallest absolute Gasteiger partial charge is 0.157 e. The van der Waals surface area contributed by atoms with Crippen molar-refractivity contribution in [1.82, 2.24) is 20.2 Å². The van der Waals surface area contributed by atoms with Crippen LogP contribution in [0.5, 0.6) is 0 Å². The Morgan fingerprint density at radius 1 is 1.10 bits per heavy atom. The van der Waals surface area contributed by atoms with Crippen molar-refractivity contribution in [2.75, 3.05) is 6.61 Å². The molecule has 1 aromatic carbocycles. The molecule has 1 saturated carbocycles. The van der Waals surface area contributed by atoms with Gasteiger partial charge in [0.15, 0.2) is 5.82 Å². The summed E-state index contributed by atoms with van der Waals surface area (Å²) in [6, 6.07) is 9.91. The minimum Gasteiger partial charge on any atom is -0.396 e. The molecule has 5 heteroatoms. The lowest BCUT2D eigenvalue weighted by atomic mass is 9.72. The fourth-order valence-corrected chi connectivity index (χ4v) is 3.11. The predicted molar refractivity (Wildman–Crippen MR) is 75.5 cm³/mol. The predicted octanol–water partition coefficient (Wildman–Crippen LogP) is 2.15. The van der Waals surface area contributed by atoms with Crippen molar-refractivity contribution < 1.29 is 5.11 Å². The van der Waals surface area contributed by atoms with Crippen LogP contribution in [0.2, 0.25) is 0 Å². The molecule has 0 spiro atoms. The summed E-state index contributed by atoms with van der Waals surface area (Å²) in [5, 5.41) is 21.9. The Kier molecular flexibility index (Phi) is 3.78. The van der Waals surface area contributed by atoms with Gasteiger partial charge in [-0.3, -0.25) is 0 Å². The van der Waals surface area contributed by atoms with Crippen LogP contribution in [0.25, 0.3) is 5.69 Å². The number of nitrogens with zero attached hydrogens (tertiary/aromatic N) is 4. The van der Waals surface area contributed by atoms with Crippen LogP contribution in [0.4, 0.5) is 0 Å². The van der Waals surface area contributed by atoms with E-state index in [1.54, 1.807) is 4.68 Å². The minimum atomic E-state index is -0.0422. The van der Waals surface area contributed by atoms with E-state index in [0.29, 0.717) is 0 Å². The van der Waals surface area contributed by atoms with Gasteiger partial charge in [-0.15, -0.1) is 5.10 Å². The number of aromatic nitrogens is 4. The van der Waals surface area contributed by atoms with Crippen molar-refractivity contribution in [1.29, 1.82) is 0 Å². The number of para-hydroxylation sites is 1. The van der Waals surface area contributed by atoms with Gasteiger partial charge in [0.1, 0.15) is 0 Å². The molecule has 20 heavy (non-hydrogen) atoms. The van der Waals surface area contributed by atoms with Crippen LogP contribution >= 0.6 is 0 Å². The molecule has 0 aliphatic heterocycles. The molecule has 0 atom stereocenters. The van der Waals surface area contributed by atoms with Crippen molar-refractivity contribution >= 4 is 0 Å². The van der Waals surface area contributed by atoms with Crippen LogP contribution in [-0.4, -0.2) is 31.9 Å². The van der Waals surface area contributed by atoms with Crippen molar-refractivity contribution in [2.24, 2.45) is 5.41 Å². The second kappa shape index (κ2) is 5.71. The molecular formula is C15H20N4O. The summed E-state index contributed by atoms with van der Waals surface area (Å²) >= 11 is 0. The number of benzene rings is 1. The van der Waals surface area contributed by atoms with E-state index in [9.17, 15) is 5.11 Å². The summed E-state index contributed by atoms with van der Waals surface area (Å²) in [6.07, 6.45) is 6.51. The highest BCUT2D eigenvalue weighted by Gasteiger charge is 2.33. The van der Waals surface area contributed by atoms with E-state index < -0.39 is 0 Å². The van der Waals surface area contributed by atoms with Crippen LogP contribution in [0, 0.1) is 5.41 Å².